The second-order valence-electron chi connectivity index (χ2n) is 7.27. The molecule has 7 heteroatoms. The average molecular weight is 449 g/mol. The first-order valence-corrected chi connectivity index (χ1v) is 11.7. The van der Waals surface area contributed by atoms with E-state index in [2.05, 4.69) is 58.7 Å². The standard InChI is InChI=1S/C24H20N2O3S2/c27-23-22(31-24(28)25-23)15-16-9-11-17(12-10-16)29-14-13-26-18-5-1-3-7-20(18)30-21-8-4-2-6-19(21)26/h1-12,22H,13-15H2,(H,25,27,28). The number of anilines is 2. The molecule has 5 nitrogen and oxygen atoms in total. The zero-order valence-corrected chi connectivity index (χ0v) is 18.2. The van der Waals surface area contributed by atoms with E-state index in [1.54, 1.807) is 11.8 Å². The van der Waals surface area contributed by atoms with Crippen LogP contribution >= 0.6 is 23.5 Å². The highest BCUT2D eigenvalue weighted by Crippen LogP contribution is 2.47. The molecule has 1 saturated heterocycles. The van der Waals surface area contributed by atoms with Crippen molar-refractivity contribution in [1.29, 1.82) is 0 Å². The first-order chi connectivity index (χ1) is 15.2. The van der Waals surface area contributed by atoms with E-state index in [4.69, 9.17) is 4.74 Å². The summed E-state index contributed by atoms with van der Waals surface area (Å²) in [5.74, 6) is 0.576. The molecule has 2 aliphatic rings. The lowest BCUT2D eigenvalue weighted by Gasteiger charge is -2.32. The Morgan fingerprint density at radius 2 is 1.52 bits per heavy atom. The van der Waals surface area contributed by atoms with Crippen LogP contribution < -0.4 is 15.0 Å². The van der Waals surface area contributed by atoms with Crippen molar-refractivity contribution in [2.45, 2.75) is 21.5 Å². The lowest BCUT2D eigenvalue weighted by Crippen LogP contribution is -2.26. The van der Waals surface area contributed by atoms with Crippen molar-refractivity contribution in [2.75, 3.05) is 18.1 Å². The first-order valence-electron chi connectivity index (χ1n) is 10.0. The fourth-order valence-corrected chi connectivity index (χ4v) is 5.70. The lowest BCUT2D eigenvalue weighted by molar-refractivity contribution is -0.118. The summed E-state index contributed by atoms with van der Waals surface area (Å²) in [5.41, 5.74) is 3.41. The number of rotatable bonds is 6. The number of nitrogens with one attached hydrogen (secondary N) is 1. The summed E-state index contributed by atoms with van der Waals surface area (Å²) in [4.78, 5) is 27.9. The Morgan fingerprint density at radius 1 is 0.871 bits per heavy atom. The third kappa shape index (κ3) is 4.29. The van der Waals surface area contributed by atoms with Gasteiger partial charge in [-0.25, -0.2) is 0 Å². The topological polar surface area (TPSA) is 58.6 Å². The number of carbonyl (C=O) groups is 2. The molecular weight excluding hydrogens is 428 g/mol. The van der Waals surface area contributed by atoms with Gasteiger partial charge in [0.15, 0.2) is 0 Å². The minimum absolute atomic E-state index is 0.212. The highest BCUT2D eigenvalue weighted by atomic mass is 32.2. The monoisotopic (exact) mass is 448 g/mol. The second kappa shape index (κ2) is 8.69. The van der Waals surface area contributed by atoms with Crippen molar-refractivity contribution >= 4 is 46.0 Å². The van der Waals surface area contributed by atoms with Gasteiger partial charge in [-0.2, -0.15) is 0 Å². The van der Waals surface area contributed by atoms with Gasteiger partial charge in [-0.1, -0.05) is 59.9 Å². The van der Waals surface area contributed by atoms with Gasteiger partial charge in [-0.15, -0.1) is 0 Å². The van der Waals surface area contributed by atoms with Gasteiger partial charge < -0.3 is 9.64 Å². The molecule has 0 aromatic heterocycles. The molecule has 2 amide bonds. The normalized spacial score (nSPS) is 17.2. The average Bonchev–Trinajstić information content (AvgIpc) is 3.11. The van der Waals surface area contributed by atoms with E-state index in [0.29, 0.717) is 13.0 Å². The number of hydrogen-bond acceptors (Lipinski definition) is 6. The van der Waals surface area contributed by atoms with Crippen molar-refractivity contribution in [2.24, 2.45) is 0 Å². The number of fused-ring (bicyclic) bond motifs is 2. The first kappa shape index (κ1) is 20.0. The van der Waals surface area contributed by atoms with E-state index < -0.39 is 0 Å². The maximum Gasteiger partial charge on any atom is 0.286 e. The molecule has 0 radical (unpaired) electrons. The molecule has 2 aliphatic heterocycles. The van der Waals surface area contributed by atoms with Gasteiger partial charge >= 0.3 is 0 Å². The van der Waals surface area contributed by atoms with Crippen molar-refractivity contribution in [3.8, 4) is 5.75 Å². The van der Waals surface area contributed by atoms with Crippen LogP contribution in [0.2, 0.25) is 0 Å². The van der Waals surface area contributed by atoms with Crippen molar-refractivity contribution < 1.29 is 14.3 Å². The van der Waals surface area contributed by atoms with E-state index in [1.807, 2.05) is 24.3 Å². The molecule has 3 aromatic rings. The van der Waals surface area contributed by atoms with Crippen LogP contribution in [0.25, 0.3) is 0 Å². The zero-order valence-electron chi connectivity index (χ0n) is 16.6. The summed E-state index contributed by atoms with van der Waals surface area (Å²) in [6.45, 7) is 1.28. The molecule has 0 aliphatic carbocycles. The molecule has 1 fully saturated rings. The van der Waals surface area contributed by atoms with Crippen molar-refractivity contribution in [1.82, 2.24) is 5.32 Å². The van der Waals surface area contributed by atoms with E-state index in [0.717, 1.165) is 29.6 Å². The lowest BCUT2D eigenvalue weighted by atomic mass is 10.1. The number of amides is 2. The number of thioether (sulfide) groups is 1. The third-order valence-electron chi connectivity index (χ3n) is 5.23. The minimum atomic E-state index is -0.351. The quantitative estimate of drug-likeness (QED) is 0.555. The molecule has 1 atom stereocenters. The van der Waals surface area contributed by atoms with Crippen molar-refractivity contribution in [3.05, 3.63) is 78.4 Å². The van der Waals surface area contributed by atoms with Crippen LogP contribution in [0, 0.1) is 0 Å². The Morgan fingerprint density at radius 3 is 2.13 bits per heavy atom. The number of benzene rings is 3. The van der Waals surface area contributed by atoms with E-state index in [1.165, 1.54) is 21.2 Å². The van der Waals surface area contributed by atoms with Gasteiger partial charge in [0.1, 0.15) is 12.4 Å². The van der Waals surface area contributed by atoms with Gasteiger partial charge in [0.05, 0.1) is 23.2 Å². The Balaban J connectivity index is 1.23. The van der Waals surface area contributed by atoms with Crippen LogP contribution in [0.1, 0.15) is 5.56 Å². The Kier molecular flexibility index (Phi) is 5.61. The van der Waals surface area contributed by atoms with Gasteiger partial charge in [-0.3, -0.25) is 14.9 Å². The highest BCUT2D eigenvalue weighted by molar-refractivity contribution is 8.15. The third-order valence-corrected chi connectivity index (χ3v) is 7.34. The molecule has 156 valence electrons. The maximum absolute atomic E-state index is 11.7. The summed E-state index contributed by atoms with van der Waals surface area (Å²) in [6.07, 6.45) is 0.529. The van der Waals surface area contributed by atoms with Crippen LogP contribution in [-0.4, -0.2) is 29.5 Å². The minimum Gasteiger partial charge on any atom is -0.492 e. The van der Waals surface area contributed by atoms with Crippen LogP contribution in [-0.2, 0) is 11.2 Å². The molecule has 1 unspecified atom stereocenters. The molecule has 2 heterocycles. The summed E-state index contributed by atoms with van der Waals surface area (Å²) < 4.78 is 6.01. The number of hydrogen-bond donors (Lipinski definition) is 1. The molecule has 0 bridgehead atoms. The Hall–Kier alpha value is -2.90. The molecule has 0 saturated carbocycles. The van der Waals surface area contributed by atoms with E-state index in [-0.39, 0.29) is 16.4 Å². The van der Waals surface area contributed by atoms with Gasteiger partial charge in [-0.05, 0) is 48.4 Å². The summed E-state index contributed by atoms with van der Waals surface area (Å²) >= 11 is 2.85. The Labute approximate surface area is 189 Å². The molecule has 1 N–H and O–H groups in total. The van der Waals surface area contributed by atoms with Crippen LogP contribution in [0.4, 0.5) is 16.2 Å². The van der Waals surface area contributed by atoms with E-state index in [9.17, 15) is 9.59 Å². The van der Waals surface area contributed by atoms with Crippen molar-refractivity contribution in [3.63, 3.8) is 0 Å². The Bertz CT molecular complexity index is 1090. The van der Waals surface area contributed by atoms with Crippen LogP contribution in [0.5, 0.6) is 5.75 Å². The molecule has 0 spiro atoms. The van der Waals surface area contributed by atoms with Gasteiger partial charge in [0.25, 0.3) is 5.24 Å². The predicted octanol–water partition coefficient (Wildman–Crippen LogP) is 5.26. The maximum atomic E-state index is 11.7. The number of imide groups is 1. The predicted molar refractivity (Wildman–Crippen MR) is 125 cm³/mol. The smallest absolute Gasteiger partial charge is 0.286 e. The van der Waals surface area contributed by atoms with Gasteiger partial charge in [0, 0.05) is 9.79 Å². The molecule has 5 rings (SSSR count). The highest BCUT2D eigenvalue weighted by Gasteiger charge is 2.31. The summed E-state index contributed by atoms with van der Waals surface area (Å²) in [6, 6.07) is 24.6. The fourth-order valence-electron chi connectivity index (χ4n) is 3.74. The van der Waals surface area contributed by atoms with E-state index >= 15 is 0 Å². The summed E-state index contributed by atoms with van der Waals surface area (Å²) in [5, 5.41) is 1.71. The molecule has 31 heavy (non-hydrogen) atoms. The second-order valence-corrected chi connectivity index (χ2v) is 9.53. The SMILES string of the molecule is O=C1NC(=O)C(Cc2ccc(OCCN3c4ccccc4Sc4ccccc43)cc2)S1. The van der Waals surface area contributed by atoms with Crippen LogP contribution in [0.3, 0.4) is 0 Å². The van der Waals surface area contributed by atoms with Gasteiger partial charge in [0.2, 0.25) is 5.91 Å². The molecular formula is C24H20N2O3S2. The van der Waals surface area contributed by atoms with Crippen LogP contribution in [0.15, 0.2) is 82.6 Å². The number of ether oxygens (including phenoxy) is 1. The zero-order chi connectivity index (χ0) is 21.2. The largest absolute Gasteiger partial charge is 0.492 e. The fraction of sp³-hybridized carbons (Fsp3) is 0.167. The summed E-state index contributed by atoms with van der Waals surface area (Å²) in [7, 11) is 0. The number of carbonyl (C=O) groups excluding carboxylic acids is 2. The number of para-hydroxylation sites is 2. The molecule has 3 aromatic carbocycles. The number of nitrogens with zero attached hydrogens (tertiary/aromatic N) is 1.